The van der Waals surface area contributed by atoms with Gasteiger partial charge in [-0.25, -0.2) is 4.98 Å². The molecule has 0 amide bonds. The lowest BCUT2D eigenvalue weighted by atomic mass is 10.2. The molecule has 1 heterocycles. The number of nitrogens with two attached hydrogens (primary N) is 1. The summed E-state index contributed by atoms with van der Waals surface area (Å²) in [5.41, 5.74) is 7.08. The highest BCUT2D eigenvalue weighted by Crippen LogP contribution is 2.23. The second-order valence-corrected chi connectivity index (χ2v) is 4.74. The Hall–Kier alpha value is -1.76. The topological polar surface area (TPSA) is 65.9 Å². The van der Waals surface area contributed by atoms with E-state index in [1.165, 1.54) is 12.8 Å². The van der Waals surface area contributed by atoms with Crippen LogP contribution in [0, 0.1) is 11.3 Å². The molecule has 1 aromatic rings. The molecule has 18 heavy (non-hydrogen) atoms. The number of hydrogen-bond acceptors (Lipinski definition) is 4. The van der Waals surface area contributed by atoms with Gasteiger partial charge in [-0.1, -0.05) is 19.8 Å². The molecule has 0 atom stereocenters. The number of aromatic nitrogens is 1. The van der Waals surface area contributed by atoms with E-state index in [1.807, 2.05) is 0 Å². The maximum atomic E-state index is 8.81. The minimum absolute atomic E-state index is 0.351. The van der Waals surface area contributed by atoms with Crippen LogP contribution in [0.25, 0.3) is 0 Å². The number of nitrogens with zero attached hydrogens (tertiary/aromatic N) is 3. The highest BCUT2D eigenvalue weighted by molar-refractivity contribution is 5.64. The van der Waals surface area contributed by atoms with Crippen LogP contribution in [-0.4, -0.2) is 17.6 Å². The van der Waals surface area contributed by atoms with Crippen molar-refractivity contribution >= 4 is 11.5 Å². The van der Waals surface area contributed by atoms with Crippen molar-refractivity contribution in [2.45, 2.75) is 46.1 Å². The Morgan fingerprint density at radius 2 is 2.17 bits per heavy atom. The zero-order valence-corrected chi connectivity index (χ0v) is 11.5. The van der Waals surface area contributed by atoms with Crippen LogP contribution in [0.5, 0.6) is 0 Å². The summed E-state index contributed by atoms with van der Waals surface area (Å²) >= 11 is 0. The van der Waals surface area contributed by atoms with Crippen LogP contribution in [0.3, 0.4) is 0 Å². The molecule has 0 aliphatic carbocycles. The number of rotatable bonds is 6. The fourth-order valence-corrected chi connectivity index (χ4v) is 1.92. The minimum Gasteiger partial charge on any atom is -0.396 e. The Balaban J connectivity index is 2.89. The van der Waals surface area contributed by atoms with E-state index < -0.39 is 0 Å². The Morgan fingerprint density at radius 3 is 2.67 bits per heavy atom. The Kier molecular flexibility index (Phi) is 5.44. The highest BCUT2D eigenvalue weighted by Gasteiger charge is 2.14. The summed E-state index contributed by atoms with van der Waals surface area (Å²) in [5.74, 6) is 0.792. The number of anilines is 2. The molecule has 0 aliphatic rings. The van der Waals surface area contributed by atoms with E-state index in [-0.39, 0.29) is 0 Å². The van der Waals surface area contributed by atoms with Crippen molar-refractivity contribution in [3.05, 3.63) is 17.8 Å². The molecule has 0 unspecified atom stereocenters. The van der Waals surface area contributed by atoms with Crippen molar-refractivity contribution in [2.24, 2.45) is 0 Å². The molecule has 0 bridgehead atoms. The molecule has 0 aromatic carbocycles. The summed E-state index contributed by atoms with van der Waals surface area (Å²) in [6.45, 7) is 7.40. The van der Waals surface area contributed by atoms with Crippen LogP contribution < -0.4 is 10.6 Å². The number of nitriles is 1. The monoisotopic (exact) mass is 246 g/mol. The van der Waals surface area contributed by atoms with Crippen LogP contribution in [-0.2, 0) is 0 Å². The van der Waals surface area contributed by atoms with Crippen LogP contribution in [0.4, 0.5) is 11.5 Å². The molecule has 98 valence electrons. The van der Waals surface area contributed by atoms with Crippen LogP contribution >= 0.6 is 0 Å². The van der Waals surface area contributed by atoms with Gasteiger partial charge in [-0.2, -0.15) is 5.26 Å². The van der Waals surface area contributed by atoms with Crippen molar-refractivity contribution in [3.8, 4) is 6.07 Å². The standard InChI is InChI=1S/C14H22N4/c1-4-5-6-7-18(11(2)3)14-13(16)8-12(9-15)10-17-14/h8,10-11H,4-7,16H2,1-3H3. The molecule has 4 heteroatoms. The Bertz CT molecular complexity index is 420. The molecule has 1 aromatic heterocycles. The SMILES string of the molecule is CCCCCN(c1ncc(C#N)cc1N)C(C)C. The maximum Gasteiger partial charge on any atom is 0.152 e. The molecule has 4 nitrogen and oxygen atoms in total. The first-order valence-corrected chi connectivity index (χ1v) is 6.52. The molecule has 2 N–H and O–H groups in total. The van der Waals surface area contributed by atoms with E-state index in [2.05, 4.69) is 36.7 Å². The first kappa shape index (κ1) is 14.3. The van der Waals surface area contributed by atoms with E-state index in [9.17, 15) is 0 Å². The largest absolute Gasteiger partial charge is 0.396 e. The number of hydrogen-bond donors (Lipinski definition) is 1. The number of nitrogen functional groups attached to an aromatic ring is 1. The van der Waals surface area contributed by atoms with Gasteiger partial charge in [-0.15, -0.1) is 0 Å². The van der Waals surface area contributed by atoms with E-state index >= 15 is 0 Å². The third-order valence-electron chi connectivity index (χ3n) is 2.92. The van der Waals surface area contributed by atoms with Gasteiger partial charge >= 0.3 is 0 Å². The average molecular weight is 246 g/mol. The molecule has 0 spiro atoms. The molecule has 1 rings (SSSR count). The molecule has 0 saturated carbocycles. The fraction of sp³-hybridized carbons (Fsp3) is 0.571. The number of unbranched alkanes of at least 4 members (excludes halogenated alkanes) is 2. The normalized spacial score (nSPS) is 10.4. The van der Waals surface area contributed by atoms with Gasteiger partial charge in [0.1, 0.15) is 6.07 Å². The second kappa shape index (κ2) is 6.85. The van der Waals surface area contributed by atoms with Crippen molar-refractivity contribution < 1.29 is 0 Å². The van der Waals surface area contributed by atoms with Crippen LogP contribution in [0.15, 0.2) is 12.3 Å². The summed E-state index contributed by atoms with van der Waals surface area (Å²) in [6, 6.07) is 4.10. The van der Waals surface area contributed by atoms with E-state index in [0.29, 0.717) is 17.3 Å². The quantitative estimate of drug-likeness (QED) is 0.784. The fourth-order valence-electron chi connectivity index (χ4n) is 1.92. The first-order valence-electron chi connectivity index (χ1n) is 6.52. The molecule has 0 aliphatic heterocycles. The van der Waals surface area contributed by atoms with Gasteiger partial charge in [0.2, 0.25) is 0 Å². The molecule has 0 saturated heterocycles. The second-order valence-electron chi connectivity index (χ2n) is 4.74. The van der Waals surface area contributed by atoms with Crippen LogP contribution in [0.1, 0.15) is 45.6 Å². The highest BCUT2D eigenvalue weighted by atomic mass is 15.2. The third kappa shape index (κ3) is 3.63. The predicted molar refractivity (Wildman–Crippen MR) is 75.4 cm³/mol. The summed E-state index contributed by atoms with van der Waals surface area (Å²) < 4.78 is 0. The maximum absolute atomic E-state index is 8.81. The zero-order valence-electron chi connectivity index (χ0n) is 11.5. The summed E-state index contributed by atoms with van der Waals surface area (Å²) in [5, 5.41) is 8.81. The van der Waals surface area contributed by atoms with Crippen molar-refractivity contribution in [3.63, 3.8) is 0 Å². The average Bonchev–Trinajstić information content (AvgIpc) is 2.35. The smallest absolute Gasteiger partial charge is 0.152 e. The van der Waals surface area contributed by atoms with Gasteiger partial charge < -0.3 is 10.6 Å². The molecular formula is C14H22N4. The van der Waals surface area contributed by atoms with Gasteiger partial charge in [-0.3, -0.25) is 0 Å². The van der Waals surface area contributed by atoms with Crippen molar-refractivity contribution in [2.75, 3.05) is 17.2 Å². The summed E-state index contributed by atoms with van der Waals surface area (Å²) in [4.78, 5) is 6.53. The minimum atomic E-state index is 0.351. The van der Waals surface area contributed by atoms with E-state index in [0.717, 1.165) is 18.8 Å². The Labute approximate surface area is 109 Å². The molecule has 0 fully saturated rings. The zero-order chi connectivity index (χ0) is 13.5. The van der Waals surface area contributed by atoms with Gasteiger partial charge in [0.25, 0.3) is 0 Å². The predicted octanol–water partition coefficient (Wildman–Crippen LogP) is 2.94. The lowest BCUT2D eigenvalue weighted by Gasteiger charge is -2.29. The first-order chi connectivity index (χ1) is 8.60. The van der Waals surface area contributed by atoms with Crippen LogP contribution in [0.2, 0.25) is 0 Å². The summed E-state index contributed by atoms with van der Waals surface area (Å²) in [7, 11) is 0. The van der Waals surface area contributed by atoms with Gasteiger partial charge in [0.05, 0.1) is 11.3 Å². The summed E-state index contributed by atoms with van der Waals surface area (Å²) in [6.07, 6.45) is 5.12. The molecular weight excluding hydrogens is 224 g/mol. The lowest BCUT2D eigenvalue weighted by molar-refractivity contribution is 0.620. The van der Waals surface area contributed by atoms with Gasteiger partial charge in [-0.05, 0) is 26.3 Å². The number of pyridine rings is 1. The van der Waals surface area contributed by atoms with E-state index in [4.69, 9.17) is 11.0 Å². The Morgan fingerprint density at radius 1 is 1.44 bits per heavy atom. The van der Waals surface area contributed by atoms with Crippen molar-refractivity contribution in [1.29, 1.82) is 5.26 Å². The van der Waals surface area contributed by atoms with Crippen molar-refractivity contribution in [1.82, 2.24) is 4.98 Å². The van der Waals surface area contributed by atoms with Gasteiger partial charge in [0, 0.05) is 18.8 Å². The van der Waals surface area contributed by atoms with Gasteiger partial charge in [0.15, 0.2) is 5.82 Å². The molecule has 0 radical (unpaired) electrons. The lowest BCUT2D eigenvalue weighted by Crippen LogP contribution is -2.33. The van der Waals surface area contributed by atoms with E-state index in [1.54, 1.807) is 12.3 Å². The third-order valence-corrected chi connectivity index (χ3v) is 2.92.